The number of halogens is 1. The molecule has 6 heteroatoms. The second-order valence-electron chi connectivity index (χ2n) is 4.14. The number of carbonyl (C=O) groups excluding carboxylic acids is 2. The van der Waals surface area contributed by atoms with Crippen molar-refractivity contribution >= 4 is 23.5 Å². The van der Waals surface area contributed by atoms with Gasteiger partial charge in [-0.3, -0.25) is 0 Å². The third-order valence-electron chi connectivity index (χ3n) is 2.68. The minimum absolute atomic E-state index is 0.0479. The van der Waals surface area contributed by atoms with Crippen molar-refractivity contribution in [3.8, 4) is 0 Å². The van der Waals surface area contributed by atoms with E-state index in [4.69, 9.17) is 16.3 Å². The summed E-state index contributed by atoms with van der Waals surface area (Å²) in [5, 5.41) is 0.303. The highest BCUT2D eigenvalue weighted by Crippen LogP contribution is 2.11. The smallest absolute Gasteiger partial charge is 0.340 e. The number of ether oxygens (including phenoxy) is 2. The van der Waals surface area contributed by atoms with E-state index >= 15 is 0 Å². The summed E-state index contributed by atoms with van der Waals surface area (Å²) in [4.78, 5) is 27.0. The molecular weight excluding hydrogens is 294 g/mol. The molecule has 1 aromatic heterocycles. The highest BCUT2D eigenvalue weighted by molar-refractivity contribution is 6.29. The van der Waals surface area contributed by atoms with Crippen molar-refractivity contribution in [2.24, 2.45) is 0 Å². The van der Waals surface area contributed by atoms with Crippen LogP contribution in [0.1, 0.15) is 26.3 Å². The molecule has 0 aliphatic heterocycles. The zero-order valence-electron chi connectivity index (χ0n) is 11.2. The minimum atomic E-state index is -0.511. The summed E-state index contributed by atoms with van der Waals surface area (Å²) in [6.45, 7) is 0.0479. The molecule has 2 rings (SSSR count). The van der Waals surface area contributed by atoms with E-state index in [1.165, 1.54) is 25.4 Å². The predicted molar refractivity (Wildman–Crippen MR) is 76.1 cm³/mol. The van der Waals surface area contributed by atoms with E-state index in [1.807, 2.05) is 0 Å². The SMILES string of the molecule is COC(=O)c1cccc(COC(=O)c2ccc(Cl)nc2)c1. The first-order valence-corrected chi connectivity index (χ1v) is 6.44. The van der Waals surface area contributed by atoms with Gasteiger partial charge >= 0.3 is 11.9 Å². The van der Waals surface area contributed by atoms with E-state index in [2.05, 4.69) is 9.72 Å². The lowest BCUT2D eigenvalue weighted by molar-refractivity contribution is 0.0472. The van der Waals surface area contributed by atoms with Crippen molar-refractivity contribution < 1.29 is 19.1 Å². The van der Waals surface area contributed by atoms with Crippen molar-refractivity contribution in [3.63, 3.8) is 0 Å². The Hall–Kier alpha value is -2.40. The number of pyridine rings is 1. The highest BCUT2D eigenvalue weighted by atomic mass is 35.5. The first-order valence-electron chi connectivity index (χ1n) is 6.06. The number of benzene rings is 1. The Balaban J connectivity index is 2.01. The van der Waals surface area contributed by atoms with Gasteiger partial charge in [0.15, 0.2) is 0 Å². The molecular formula is C15H12ClNO4. The number of carbonyl (C=O) groups is 2. The van der Waals surface area contributed by atoms with Crippen molar-refractivity contribution in [1.29, 1.82) is 0 Å². The third kappa shape index (κ3) is 4.03. The summed E-state index contributed by atoms with van der Waals surface area (Å²) in [6.07, 6.45) is 1.34. The van der Waals surface area contributed by atoms with Crippen molar-refractivity contribution in [1.82, 2.24) is 4.98 Å². The van der Waals surface area contributed by atoms with E-state index in [-0.39, 0.29) is 6.61 Å². The molecule has 0 fully saturated rings. The zero-order valence-corrected chi connectivity index (χ0v) is 12.0. The van der Waals surface area contributed by atoms with Crippen LogP contribution in [0.15, 0.2) is 42.6 Å². The summed E-state index contributed by atoms with van der Waals surface area (Å²) in [5.41, 5.74) is 1.40. The van der Waals surface area contributed by atoms with Crippen LogP contribution >= 0.6 is 11.6 Å². The van der Waals surface area contributed by atoms with Gasteiger partial charge in [0.1, 0.15) is 11.8 Å². The van der Waals surface area contributed by atoms with E-state index < -0.39 is 11.9 Å². The maximum atomic E-state index is 11.8. The van der Waals surface area contributed by atoms with Crippen LogP contribution in [-0.4, -0.2) is 24.0 Å². The van der Waals surface area contributed by atoms with Gasteiger partial charge in [0.2, 0.25) is 0 Å². The summed E-state index contributed by atoms with van der Waals surface area (Å²) in [5.74, 6) is -0.951. The molecule has 0 spiro atoms. The standard InChI is InChI=1S/C15H12ClNO4/c1-20-14(18)11-4-2-3-10(7-11)9-21-15(19)12-5-6-13(16)17-8-12/h2-8H,9H2,1H3. The molecule has 0 N–H and O–H groups in total. The molecule has 0 saturated heterocycles. The molecule has 21 heavy (non-hydrogen) atoms. The number of hydrogen-bond acceptors (Lipinski definition) is 5. The average molecular weight is 306 g/mol. The van der Waals surface area contributed by atoms with Gasteiger partial charge in [-0.15, -0.1) is 0 Å². The molecule has 1 aromatic carbocycles. The largest absolute Gasteiger partial charge is 0.465 e. The normalized spacial score (nSPS) is 10.0. The quantitative estimate of drug-likeness (QED) is 0.642. The van der Waals surface area contributed by atoms with E-state index in [9.17, 15) is 9.59 Å². The number of hydrogen-bond donors (Lipinski definition) is 0. The molecule has 2 aromatic rings. The van der Waals surface area contributed by atoms with Crippen LogP contribution in [0.2, 0.25) is 5.15 Å². The van der Waals surface area contributed by atoms with Crippen molar-refractivity contribution in [2.75, 3.05) is 7.11 Å². The van der Waals surface area contributed by atoms with Crippen LogP contribution < -0.4 is 0 Å². The van der Waals surface area contributed by atoms with Crippen LogP contribution in [0.3, 0.4) is 0 Å². The fourth-order valence-electron chi connectivity index (χ4n) is 1.63. The molecule has 0 bridgehead atoms. The van der Waals surface area contributed by atoms with Crippen LogP contribution in [0.5, 0.6) is 0 Å². The maximum Gasteiger partial charge on any atom is 0.340 e. The molecule has 0 unspecified atom stereocenters. The molecule has 1 heterocycles. The molecule has 0 atom stereocenters. The van der Waals surface area contributed by atoms with Gasteiger partial charge in [-0.2, -0.15) is 0 Å². The number of rotatable bonds is 4. The Bertz CT molecular complexity index is 655. The molecule has 0 aliphatic rings. The van der Waals surface area contributed by atoms with E-state index in [0.29, 0.717) is 21.8 Å². The monoisotopic (exact) mass is 305 g/mol. The van der Waals surface area contributed by atoms with E-state index in [0.717, 1.165) is 0 Å². The summed E-state index contributed by atoms with van der Waals surface area (Å²) >= 11 is 5.64. The number of aromatic nitrogens is 1. The zero-order chi connectivity index (χ0) is 15.2. The van der Waals surface area contributed by atoms with Gasteiger partial charge in [0.25, 0.3) is 0 Å². The number of nitrogens with zero attached hydrogens (tertiary/aromatic N) is 1. The molecule has 108 valence electrons. The fraction of sp³-hybridized carbons (Fsp3) is 0.133. The Kier molecular flexibility index (Phi) is 4.90. The van der Waals surface area contributed by atoms with Crippen LogP contribution in [0.4, 0.5) is 0 Å². The molecule has 0 amide bonds. The van der Waals surface area contributed by atoms with Gasteiger partial charge in [-0.25, -0.2) is 14.6 Å². The van der Waals surface area contributed by atoms with Crippen LogP contribution in [0.25, 0.3) is 0 Å². The van der Waals surface area contributed by atoms with Crippen molar-refractivity contribution in [3.05, 3.63) is 64.4 Å². The van der Waals surface area contributed by atoms with Gasteiger partial charge in [-0.1, -0.05) is 23.7 Å². The van der Waals surface area contributed by atoms with Crippen LogP contribution in [-0.2, 0) is 16.1 Å². The Morgan fingerprint density at radius 2 is 1.95 bits per heavy atom. The van der Waals surface area contributed by atoms with Crippen LogP contribution in [0, 0.1) is 0 Å². The molecule has 0 aliphatic carbocycles. The van der Waals surface area contributed by atoms with Crippen molar-refractivity contribution in [2.45, 2.75) is 6.61 Å². The Morgan fingerprint density at radius 1 is 1.14 bits per heavy atom. The molecule has 0 saturated carbocycles. The predicted octanol–water partition coefficient (Wildman–Crippen LogP) is 2.88. The van der Waals surface area contributed by atoms with Gasteiger partial charge < -0.3 is 9.47 Å². The minimum Gasteiger partial charge on any atom is -0.465 e. The second-order valence-corrected chi connectivity index (χ2v) is 4.52. The van der Waals surface area contributed by atoms with Gasteiger partial charge in [0.05, 0.1) is 18.2 Å². The lowest BCUT2D eigenvalue weighted by Gasteiger charge is -2.06. The lowest BCUT2D eigenvalue weighted by atomic mass is 10.1. The second kappa shape index (κ2) is 6.85. The average Bonchev–Trinajstić information content (AvgIpc) is 2.52. The Morgan fingerprint density at radius 3 is 2.62 bits per heavy atom. The van der Waals surface area contributed by atoms with Gasteiger partial charge in [-0.05, 0) is 29.8 Å². The number of methoxy groups -OCH3 is 1. The maximum absolute atomic E-state index is 11.8. The number of esters is 2. The molecule has 0 radical (unpaired) electrons. The lowest BCUT2D eigenvalue weighted by Crippen LogP contribution is -2.07. The molecule has 5 nitrogen and oxygen atoms in total. The summed E-state index contributed by atoms with van der Waals surface area (Å²) in [6, 6.07) is 9.72. The topological polar surface area (TPSA) is 65.5 Å². The fourth-order valence-corrected chi connectivity index (χ4v) is 1.75. The summed E-state index contributed by atoms with van der Waals surface area (Å²) in [7, 11) is 1.31. The van der Waals surface area contributed by atoms with E-state index in [1.54, 1.807) is 24.3 Å². The third-order valence-corrected chi connectivity index (χ3v) is 2.90. The summed E-state index contributed by atoms with van der Waals surface area (Å²) < 4.78 is 9.78. The first kappa shape index (κ1) is 15.0. The highest BCUT2D eigenvalue weighted by Gasteiger charge is 2.09. The van der Waals surface area contributed by atoms with Gasteiger partial charge in [0, 0.05) is 6.20 Å². The first-order chi connectivity index (χ1) is 10.1. The Labute approximate surface area is 126 Å².